The predicted molar refractivity (Wildman–Crippen MR) is 131 cm³/mol. The van der Waals surface area contributed by atoms with Crippen molar-refractivity contribution in [3.8, 4) is 0 Å². The molecule has 1 heterocycles. The Morgan fingerprint density at radius 2 is 1.87 bits per heavy atom. The number of unbranched alkanes of at least 4 members (excludes halogenated alkanes) is 1. The van der Waals surface area contributed by atoms with E-state index < -0.39 is 0 Å². The van der Waals surface area contributed by atoms with Crippen molar-refractivity contribution in [1.29, 1.82) is 0 Å². The van der Waals surface area contributed by atoms with Gasteiger partial charge in [-0.15, -0.1) is 0 Å². The van der Waals surface area contributed by atoms with Crippen LogP contribution in [-0.2, 0) is 19.2 Å². The van der Waals surface area contributed by atoms with Gasteiger partial charge < -0.3 is 10.6 Å². The molecule has 2 N–H and O–H groups in total. The van der Waals surface area contributed by atoms with E-state index in [9.17, 15) is 19.2 Å². The molecule has 0 aromatic heterocycles. The first-order valence-electron chi connectivity index (χ1n) is 11.5. The van der Waals surface area contributed by atoms with Crippen molar-refractivity contribution in [3.63, 3.8) is 0 Å². The second-order valence-electron chi connectivity index (χ2n) is 8.87. The maximum Gasteiger partial charge on any atom is 0.146 e. The minimum absolute atomic E-state index is 0.00428. The molecule has 1 fully saturated rings. The van der Waals surface area contributed by atoms with Gasteiger partial charge in [0.05, 0.1) is 23.6 Å². The zero-order valence-corrected chi connectivity index (χ0v) is 21.2. The minimum Gasteiger partial charge on any atom is -0.320 e. The lowest BCUT2D eigenvalue weighted by Crippen LogP contribution is -2.40. The topological polar surface area (TPSA) is 92.3 Å². The fourth-order valence-electron chi connectivity index (χ4n) is 3.60. The second kappa shape index (κ2) is 16.0. The molecule has 0 aromatic rings. The van der Waals surface area contributed by atoms with Crippen molar-refractivity contribution in [2.24, 2.45) is 11.8 Å². The molecule has 3 atom stereocenters. The monoisotopic (exact) mass is 472 g/mol. The highest BCUT2D eigenvalue weighted by Gasteiger charge is 2.31. The first-order chi connectivity index (χ1) is 14.7. The average Bonchev–Trinajstić information content (AvgIpc) is 2.90. The highest BCUT2D eigenvalue weighted by molar-refractivity contribution is 8.77. The lowest BCUT2D eigenvalue weighted by Gasteiger charge is -2.18. The first kappa shape index (κ1) is 28.3. The third kappa shape index (κ3) is 12.2. The quantitative estimate of drug-likeness (QED) is 0.260. The molecule has 6 nitrogen and oxygen atoms in total. The average molecular weight is 473 g/mol. The number of rotatable bonds is 16. The number of nitrogens with one attached hydrogen (secondary N) is 2. The number of carbonyl (C=O) groups is 4. The van der Waals surface area contributed by atoms with Crippen LogP contribution >= 0.6 is 21.6 Å². The number of carbonyl (C=O) groups excluding carboxylic acids is 4. The summed E-state index contributed by atoms with van der Waals surface area (Å²) in [5.74, 6) is 1.22. The molecule has 0 aromatic carbocycles. The van der Waals surface area contributed by atoms with Crippen molar-refractivity contribution < 1.29 is 19.2 Å². The van der Waals surface area contributed by atoms with Crippen LogP contribution in [0.4, 0.5) is 0 Å². The molecule has 1 saturated heterocycles. The van der Waals surface area contributed by atoms with Gasteiger partial charge in [-0.1, -0.05) is 48.3 Å². The molecule has 0 amide bonds. The van der Waals surface area contributed by atoms with Crippen LogP contribution in [0.25, 0.3) is 0 Å². The first-order valence-corrected chi connectivity index (χ1v) is 13.9. The lowest BCUT2D eigenvalue weighted by molar-refractivity contribution is -0.122. The van der Waals surface area contributed by atoms with Crippen LogP contribution in [0, 0.1) is 11.8 Å². The molecule has 1 aliphatic rings. The van der Waals surface area contributed by atoms with Crippen molar-refractivity contribution in [1.82, 2.24) is 10.6 Å². The Labute approximate surface area is 195 Å². The van der Waals surface area contributed by atoms with E-state index in [1.165, 1.54) is 28.5 Å². The minimum atomic E-state index is -0.332. The number of hydrogen-bond donors (Lipinski definition) is 2. The maximum atomic E-state index is 12.7. The summed E-state index contributed by atoms with van der Waals surface area (Å²) in [6.07, 6.45) is 5.64. The van der Waals surface area contributed by atoms with Crippen LogP contribution in [-0.4, -0.2) is 60.3 Å². The summed E-state index contributed by atoms with van der Waals surface area (Å²) in [5, 5.41) is 5.89. The van der Waals surface area contributed by atoms with Gasteiger partial charge in [0, 0.05) is 18.8 Å². The number of ketones is 4. The zero-order valence-electron chi connectivity index (χ0n) is 19.5. The molecule has 1 aliphatic heterocycles. The molecule has 0 aliphatic carbocycles. The van der Waals surface area contributed by atoms with E-state index in [2.05, 4.69) is 24.5 Å². The summed E-state index contributed by atoms with van der Waals surface area (Å²) in [4.78, 5) is 49.2. The van der Waals surface area contributed by atoms with Crippen molar-refractivity contribution in [3.05, 3.63) is 0 Å². The fourth-order valence-corrected chi connectivity index (χ4v) is 6.32. The summed E-state index contributed by atoms with van der Waals surface area (Å²) in [6, 6.07) is -0.332. The van der Waals surface area contributed by atoms with Crippen LogP contribution in [0.3, 0.4) is 0 Å². The molecule has 0 radical (unpaired) electrons. The van der Waals surface area contributed by atoms with E-state index in [0.717, 1.165) is 19.3 Å². The van der Waals surface area contributed by atoms with E-state index in [0.29, 0.717) is 50.3 Å². The normalized spacial score (nSPS) is 20.5. The summed E-state index contributed by atoms with van der Waals surface area (Å²) in [5.41, 5.74) is 0. The molecule has 31 heavy (non-hydrogen) atoms. The largest absolute Gasteiger partial charge is 0.320 e. The van der Waals surface area contributed by atoms with Gasteiger partial charge in [0.2, 0.25) is 0 Å². The fraction of sp³-hybridized carbons (Fsp3) is 0.826. The van der Waals surface area contributed by atoms with Crippen molar-refractivity contribution in [2.45, 2.75) is 83.4 Å². The van der Waals surface area contributed by atoms with Gasteiger partial charge in [-0.2, -0.15) is 0 Å². The van der Waals surface area contributed by atoms with Crippen LogP contribution in [0.1, 0.15) is 72.1 Å². The Kier molecular flexibility index (Phi) is 14.6. The Balaban J connectivity index is 2.46. The SMILES string of the molecule is CNCC[C@H](NCC(=O)CC[C@@H]1CC(C(=O)CCCCC(C)C)SSCC1=O)C(C)=O. The molecular formula is C23H40N2O4S2. The van der Waals surface area contributed by atoms with Gasteiger partial charge in [0.25, 0.3) is 0 Å². The van der Waals surface area contributed by atoms with E-state index in [-0.39, 0.29) is 46.9 Å². The van der Waals surface area contributed by atoms with Gasteiger partial charge in [-0.05, 0) is 52.1 Å². The Bertz CT molecular complexity index is 598. The molecular weight excluding hydrogens is 432 g/mol. The van der Waals surface area contributed by atoms with Crippen LogP contribution < -0.4 is 10.6 Å². The maximum absolute atomic E-state index is 12.7. The summed E-state index contributed by atoms with van der Waals surface area (Å²) >= 11 is 0. The molecule has 178 valence electrons. The molecule has 0 spiro atoms. The number of hydrogen-bond acceptors (Lipinski definition) is 8. The Morgan fingerprint density at radius 3 is 2.52 bits per heavy atom. The molecule has 8 heteroatoms. The van der Waals surface area contributed by atoms with Crippen LogP contribution in [0.2, 0.25) is 0 Å². The van der Waals surface area contributed by atoms with Crippen LogP contribution in [0.15, 0.2) is 0 Å². The highest BCUT2D eigenvalue weighted by Crippen LogP contribution is 2.38. The molecule has 1 unspecified atom stereocenters. The van der Waals surface area contributed by atoms with Crippen molar-refractivity contribution >= 4 is 44.7 Å². The third-order valence-electron chi connectivity index (χ3n) is 5.64. The Morgan fingerprint density at radius 1 is 1.13 bits per heavy atom. The van der Waals surface area contributed by atoms with E-state index >= 15 is 0 Å². The second-order valence-corrected chi connectivity index (χ2v) is 11.4. The van der Waals surface area contributed by atoms with Crippen LogP contribution in [0.5, 0.6) is 0 Å². The van der Waals surface area contributed by atoms with E-state index in [1.807, 2.05) is 7.05 Å². The van der Waals surface area contributed by atoms with Crippen molar-refractivity contribution in [2.75, 3.05) is 25.9 Å². The standard InChI is InChI=1S/C23H40N2O4S2/c1-16(2)7-5-6-8-21(28)23-13-18(22(29)15-30-31-23)9-10-19(27)14-25-20(17(3)26)11-12-24-4/h16,18,20,23-25H,5-15H2,1-4H3/t18-,20+,23?/m1/s1. The smallest absolute Gasteiger partial charge is 0.146 e. The highest BCUT2D eigenvalue weighted by atomic mass is 33.1. The zero-order chi connectivity index (χ0) is 23.2. The summed E-state index contributed by atoms with van der Waals surface area (Å²) < 4.78 is 0. The van der Waals surface area contributed by atoms with Gasteiger partial charge in [-0.25, -0.2) is 0 Å². The van der Waals surface area contributed by atoms with Gasteiger partial charge >= 0.3 is 0 Å². The van der Waals surface area contributed by atoms with E-state index in [4.69, 9.17) is 0 Å². The van der Waals surface area contributed by atoms with E-state index in [1.54, 1.807) is 0 Å². The van der Waals surface area contributed by atoms with Gasteiger partial charge in [-0.3, -0.25) is 19.2 Å². The molecule has 1 rings (SSSR count). The lowest BCUT2D eigenvalue weighted by atomic mass is 9.90. The van der Waals surface area contributed by atoms with Gasteiger partial charge in [0.1, 0.15) is 23.1 Å². The number of Topliss-reactive ketones (excluding diaryl/α,β-unsaturated/α-hetero) is 4. The third-order valence-corrected chi connectivity index (χ3v) is 8.33. The predicted octanol–water partition coefficient (Wildman–Crippen LogP) is 3.62. The summed E-state index contributed by atoms with van der Waals surface area (Å²) in [7, 11) is 4.83. The summed E-state index contributed by atoms with van der Waals surface area (Å²) in [6.45, 7) is 6.74. The molecule has 0 bridgehead atoms. The van der Waals surface area contributed by atoms with Gasteiger partial charge in [0.15, 0.2) is 0 Å². The molecule has 0 saturated carbocycles. The Hall–Kier alpha value is -0.700.